The van der Waals surface area contributed by atoms with Gasteiger partial charge in [0.1, 0.15) is 5.82 Å². The van der Waals surface area contributed by atoms with Gasteiger partial charge < -0.3 is 4.57 Å². The van der Waals surface area contributed by atoms with E-state index in [0.717, 1.165) is 21.8 Å². The fraction of sp³-hybridized carbons (Fsp3) is 0.0588. The van der Waals surface area contributed by atoms with E-state index in [-0.39, 0.29) is 5.82 Å². The van der Waals surface area contributed by atoms with Crippen LogP contribution in [0.25, 0.3) is 32.9 Å². The zero-order valence-corrected chi connectivity index (χ0v) is 11.7. The maximum Gasteiger partial charge on any atom is 0.212 e. The van der Waals surface area contributed by atoms with Crippen LogP contribution in [-0.2, 0) is 7.05 Å². The maximum absolute atomic E-state index is 14.5. The van der Waals surface area contributed by atoms with Crippen LogP contribution >= 0.6 is 0 Å². The van der Waals surface area contributed by atoms with Gasteiger partial charge in [-0.15, -0.1) is 0 Å². The van der Waals surface area contributed by atoms with E-state index < -0.39 is 5.95 Å². The number of aryl methyl sites for hydroxylation is 1. The summed E-state index contributed by atoms with van der Waals surface area (Å²) in [7, 11) is 1.93. The SMILES string of the molecule is Cn1c2ccncc2c2cc(F)c(-c3ccc(F)nc3)cc21. The summed E-state index contributed by atoms with van der Waals surface area (Å²) < 4.78 is 29.4. The Hall–Kier alpha value is -2.82. The normalized spacial score (nSPS) is 11.4. The zero-order valence-electron chi connectivity index (χ0n) is 11.7. The number of hydrogen-bond donors (Lipinski definition) is 0. The van der Waals surface area contributed by atoms with Crippen molar-refractivity contribution < 1.29 is 8.78 Å². The minimum absolute atomic E-state index is 0.364. The number of halogens is 2. The molecule has 0 radical (unpaired) electrons. The van der Waals surface area contributed by atoms with Gasteiger partial charge in [-0.05, 0) is 30.3 Å². The van der Waals surface area contributed by atoms with E-state index in [4.69, 9.17) is 0 Å². The van der Waals surface area contributed by atoms with Crippen molar-refractivity contribution in [2.24, 2.45) is 7.05 Å². The van der Waals surface area contributed by atoms with Crippen LogP contribution in [0.4, 0.5) is 8.78 Å². The first-order valence-corrected chi connectivity index (χ1v) is 6.79. The summed E-state index contributed by atoms with van der Waals surface area (Å²) in [6.07, 6.45) is 4.78. The quantitative estimate of drug-likeness (QED) is 0.496. The van der Waals surface area contributed by atoms with Gasteiger partial charge in [0.25, 0.3) is 0 Å². The molecule has 0 atom stereocenters. The van der Waals surface area contributed by atoms with Gasteiger partial charge in [0, 0.05) is 53.1 Å². The van der Waals surface area contributed by atoms with Gasteiger partial charge in [0.15, 0.2) is 0 Å². The Bertz CT molecular complexity index is 1000. The number of benzene rings is 1. The maximum atomic E-state index is 14.5. The molecule has 1 aromatic carbocycles. The highest BCUT2D eigenvalue weighted by Gasteiger charge is 2.13. The Morgan fingerprint density at radius 2 is 1.82 bits per heavy atom. The third kappa shape index (κ3) is 1.79. The van der Waals surface area contributed by atoms with Gasteiger partial charge in [0.05, 0.1) is 5.52 Å². The molecule has 0 aliphatic carbocycles. The zero-order chi connectivity index (χ0) is 15.3. The second kappa shape index (κ2) is 4.59. The van der Waals surface area contributed by atoms with Crippen LogP contribution in [0.3, 0.4) is 0 Å². The molecule has 22 heavy (non-hydrogen) atoms. The van der Waals surface area contributed by atoms with Gasteiger partial charge in [-0.2, -0.15) is 4.39 Å². The molecule has 3 nitrogen and oxygen atoms in total. The van der Waals surface area contributed by atoms with Crippen molar-refractivity contribution in [2.75, 3.05) is 0 Å². The monoisotopic (exact) mass is 295 g/mol. The minimum atomic E-state index is -0.582. The molecule has 0 aliphatic rings. The lowest BCUT2D eigenvalue weighted by atomic mass is 10.0. The first kappa shape index (κ1) is 12.9. The van der Waals surface area contributed by atoms with Crippen molar-refractivity contribution in [3.8, 4) is 11.1 Å². The second-order valence-electron chi connectivity index (χ2n) is 5.17. The summed E-state index contributed by atoms with van der Waals surface area (Å²) in [4.78, 5) is 7.70. The summed E-state index contributed by atoms with van der Waals surface area (Å²) in [5.74, 6) is -0.946. The molecule has 0 amide bonds. The molecule has 0 bridgehead atoms. The number of rotatable bonds is 1. The first-order valence-electron chi connectivity index (χ1n) is 6.79. The van der Waals surface area contributed by atoms with E-state index in [1.165, 1.54) is 24.4 Å². The smallest absolute Gasteiger partial charge is 0.212 e. The lowest BCUT2D eigenvalue weighted by Gasteiger charge is -2.05. The molecule has 0 unspecified atom stereocenters. The minimum Gasteiger partial charge on any atom is -0.343 e. The number of hydrogen-bond acceptors (Lipinski definition) is 2. The molecule has 5 heteroatoms. The predicted molar refractivity (Wildman–Crippen MR) is 81.4 cm³/mol. The van der Waals surface area contributed by atoms with E-state index in [9.17, 15) is 8.78 Å². The summed E-state index contributed by atoms with van der Waals surface area (Å²) in [6.45, 7) is 0. The average molecular weight is 295 g/mol. The molecule has 0 aliphatic heterocycles. The highest BCUT2D eigenvalue weighted by atomic mass is 19.1. The third-order valence-electron chi connectivity index (χ3n) is 3.93. The standard InChI is InChI=1S/C17H11F2N3/c1-22-15-4-5-20-9-13(15)12-6-14(18)11(7-16(12)22)10-2-3-17(19)21-8-10/h2-9H,1H3. The molecule has 0 saturated carbocycles. The van der Waals surface area contributed by atoms with Gasteiger partial charge in [0.2, 0.25) is 5.95 Å². The van der Waals surface area contributed by atoms with Gasteiger partial charge in [-0.1, -0.05) is 0 Å². The Balaban J connectivity index is 2.06. The molecular weight excluding hydrogens is 284 g/mol. The van der Waals surface area contributed by atoms with E-state index in [1.54, 1.807) is 18.5 Å². The number of fused-ring (bicyclic) bond motifs is 3. The number of pyridine rings is 2. The lowest BCUT2D eigenvalue weighted by molar-refractivity contribution is 0.583. The van der Waals surface area contributed by atoms with Crippen LogP contribution < -0.4 is 0 Å². The molecule has 0 spiro atoms. The van der Waals surface area contributed by atoms with Gasteiger partial charge in [-0.25, -0.2) is 9.37 Å². The molecule has 108 valence electrons. The van der Waals surface area contributed by atoms with Crippen LogP contribution in [-0.4, -0.2) is 14.5 Å². The van der Waals surface area contributed by atoms with Crippen molar-refractivity contribution in [2.45, 2.75) is 0 Å². The molecule has 4 aromatic rings. The highest BCUT2D eigenvalue weighted by molar-refractivity contribution is 6.08. The Morgan fingerprint density at radius 1 is 0.955 bits per heavy atom. The topological polar surface area (TPSA) is 30.7 Å². The van der Waals surface area contributed by atoms with Crippen LogP contribution in [0.15, 0.2) is 48.9 Å². The van der Waals surface area contributed by atoms with E-state index in [2.05, 4.69) is 9.97 Å². The second-order valence-corrected chi connectivity index (χ2v) is 5.17. The highest BCUT2D eigenvalue weighted by Crippen LogP contribution is 2.33. The predicted octanol–water partition coefficient (Wildman–Crippen LogP) is 4.07. The lowest BCUT2D eigenvalue weighted by Crippen LogP contribution is -1.91. The molecule has 3 heterocycles. The summed E-state index contributed by atoms with van der Waals surface area (Å²) in [6, 6.07) is 7.91. The Morgan fingerprint density at radius 3 is 2.59 bits per heavy atom. The summed E-state index contributed by atoms with van der Waals surface area (Å²) >= 11 is 0. The van der Waals surface area contributed by atoms with E-state index in [1.807, 2.05) is 17.7 Å². The Kier molecular flexibility index (Phi) is 2.69. The van der Waals surface area contributed by atoms with Crippen molar-refractivity contribution in [3.63, 3.8) is 0 Å². The van der Waals surface area contributed by atoms with Gasteiger partial charge in [-0.3, -0.25) is 4.98 Å². The average Bonchev–Trinajstić information content (AvgIpc) is 2.81. The largest absolute Gasteiger partial charge is 0.343 e. The fourth-order valence-electron chi connectivity index (χ4n) is 2.83. The van der Waals surface area contributed by atoms with E-state index >= 15 is 0 Å². The first-order chi connectivity index (χ1) is 10.6. The van der Waals surface area contributed by atoms with Gasteiger partial charge >= 0.3 is 0 Å². The van der Waals surface area contributed by atoms with Crippen LogP contribution in [0, 0.1) is 11.8 Å². The molecule has 0 N–H and O–H groups in total. The van der Waals surface area contributed by atoms with E-state index in [0.29, 0.717) is 11.1 Å². The number of aromatic nitrogens is 3. The molecule has 4 rings (SSSR count). The molecule has 0 saturated heterocycles. The summed E-state index contributed by atoms with van der Waals surface area (Å²) in [5, 5.41) is 1.71. The molecule has 3 aromatic heterocycles. The van der Waals surface area contributed by atoms with Crippen LogP contribution in [0.5, 0.6) is 0 Å². The van der Waals surface area contributed by atoms with Crippen LogP contribution in [0.2, 0.25) is 0 Å². The van der Waals surface area contributed by atoms with Crippen molar-refractivity contribution in [1.29, 1.82) is 0 Å². The van der Waals surface area contributed by atoms with Crippen LogP contribution in [0.1, 0.15) is 0 Å². The number of nitrogens with zero attached hydrogens (tertiary/aromatic N) is 3. The Labute approximate surface area is 124 Å². The third-order valence-corrected chi connectivity index (χ3v) is 3.93. The van der Waals surface area contributed by atoms with Crippen molar-refractivity contribution >= 4 is 21.8 Å². The molecular formula is C17H11F2N3. The fourth-order valence-corrected chi connectivity index (χ4v) is 2.83. The van der Waals surface area contributed by atoms with Crippen molar-refractivity contribution in [3.05, 3.63) is 60.7 Å². The van der Waals surface area contributed by atoms with Crippen molar-refractivity contribution in [1.82, 2.24) is 14.5 Å². The molecule has 0 fully saturated rings. The summed E-state index contributed by atoms with van der Waals surface area (Å²) in [5.41, 5.74) is 2.82.